The molecule has 112 valence electrons. The SMILES string of the molecule is COCC1OC(n2cc(C)c(=O)[nH]c2=O)C(N)C1OC. The number of hydrogen-bond donors (Lipinski definition) is 2. The fraction of sp³-hybridized carbons (Fsp3) is 0.667. The van der Waals surface area contributed by atoms with Gasteiger partial charge < -0.3 is 19.9 Å². The van der Waals surface area contributed by atoms with E-state index in [-0.39, 0.29) is 12.2 Å². The van der Waals surface area contributed by atoms with E-state index in [4.69, 9.17) is 19.9 Å². The summed E-state index contributed by atoms with van der Waals surface area (Å²) >= 11 is 0. The summed E-state index contributed by atoms with van der Waals surface area (Å²) in [4.78, 5) is 25.5. The molecular weight excluding hydrogens is 266 g/mol. The summed E-state index contributed by atoms with van der Waals surface area (Å²) in [6.45, 7) is 1.91. The van der Waals surface area contributed by atoms with Gasteiger partial charge in [-0.05, 0) is 6.92 Å². The summed E-state index contributed by atoms with van der Waals surface area (Å²) < 4.78 is 17.4. The number of nitrogens with zero attached hydrogens (tertiary/aromatic N) is 1. The smallest absolute Gasteiger partial charge is 0.330 e. The first-order valence-corrected chi connectivity index (χ1v) is 6.24. The maximum Gasteiger partial charge on any atom is 0.330 e. The van der Waals surface area contributed by atoms with Crippen molar-refractivity contribution >= 4 is 0 Å². The lowest BCUT2D eigenvalue weighted by Crippen LogP contribution is -2.44. The molecule has 1 aliphatic rings. The quantitative estimate of drug-likeness (QED) is 0.714. The number of H-pyrrole nitrogens is 1. The van der Waals surface area contributed by atoms with Gasteiger partial charge in [-0.25, -0.2) is 4.79 Å². The van der Waals surface area contributed by atoms with Gasteiger partial charge in [-0.1, -0.05) is 0 Å². The van der Waals surface area contributed by atoms with Crippen LogP contribution in [0, 0.1) is 6.92 Å². The molecule has 1 aromatic heterocycles. The second-order valence-corrected chi connectivity index (χ2v) is 4.78. The highest BCUT2D eigenvalue weighted by Gasteiger charge is 2.44. The minimum atomic E-state index is -0.705. The Balaban J connectivity index is 2.36. The van der Waals surface area contributed by atoms with Crippen LogP contribution in [0.3, 0.4) is 0 Å². The molecule has 8 heteroatoms. The van der Waals surface area contributed by atoms with Crippen molar-refractivity contribution in [2.24, 2.45) is 5.73 Å². The topological polar surface area (TPSA) is 109 Å². The lowest BCUT2D eigenvalue weighted by atomic mass is 10.1. The predicted molar refractivity (Wildman–Crippen MR) is 70.6 cm³/mol. The number of aromatic nitrogens is 2. The third kappa shape index (κ3) is 2.55. The summed E-state index contributed by atoms with van der Waals surface area (Å²) in [7, 11) is 3.07. The first-order chi connectivity index (χ1) is 9.49. The van der Waals surface area contributed by atoms with Crippen LogP contribution in [0.25, 0.3) is 0 Å². The van der Waals surface area contributed by atoms with Crippen LogP contribution in [0.4, 0.5) is 0 Å². The molecule has 4 atom stereocenters. The number of methoxy groups -OCH3 is 2. The lowest BCUT2D eigenvalue weighted by molar-refractivity contribution is -0.0619. The number of aromatic amines is 1. The molecule has 0 spiro atoms. The van der Waals surface area contributed by atoms with Crippen molar-refractivity contribution in [1.29, 1.82) is 0 Å². The van der Waals surface area contributed by atoms with Crippen molar-refractivity contribution in [3.63, 3.8) is 0 Å². The van der Waals surface area contributed by atoms with Crippen LogP contribution < -0.4 is 17.0 Å². The van der Waals surface area contributed by atoms with Crippen LogP contribution in [-0.2, 0) is 14.2 Å². The Morgan fingerprint density at radius 2 is 2.15 bits per heavy atom. The molecule has 0 saturated carbocycles. The van der Waals surface area contributed by atoms with Crippen molar-refractivity contribution in [1.82, 2.24) is 9.55 Å². The van der Waals surface area contributed by atoms with Gasteiger partial charge in [0.1, 0.15) is 12.2 Å². The van der Waals surface area contributed by atoms with Crippen molar-refractivity contribution in [2.75, 3.05) is 20.8 Å². The number of rotatable bonds is 4. The average molecular weight is 285 g/mol. The fourth-order valence-corrected chi connectivity index (χ4v) is 2.39. The monoisotopic (exact) mass is 285 g/mol. The molecule has 8 nitrogen and oxygen atoms in total. The van der Waals surface area contributed by atoms with Crippen molar-refractivity contribution in [3.05, 3.63) is 32.6 Å². The van der Waals surface area contributed by atoms with Crippen molar-refractivity contribution in [3.8, 4) is 0 Å². The number of nitrogens with one attached hydrogen (secondary N) is 1. The van der Waals surface area contributed by atoms with Gasteiger partial charge in [-0.15, -0.1) is 0 Å². The summed E-state index contributed by atoms with van der Waals surface area (Å²) in [5, 5.41) is 0. The fourth-order valence-electron chi connectivity index (χ4n) is 2.39. The molecule has 0 aromatic carbocycles. The van der Waals surface area contributed by atoms with Gasteiger partial charge in [0.25, 0.3) is 5.56 Å². The highest BCUT2D eigenvalue weighted by atomic mass is 16.6. The summed E-state index contributed by atoms with van der Waals surface area (Å²) in [5.41, 5.74) is 5.51. The van der Waals surface area contributed by atoms with E-state index in [1.807, 2.05) is 0 Å². The molecule has 20 heavy (non-hydrogen) atoms. The Hall–Kier alpha value is -1.48. The maximum absolute atomic E-state index is 11.9. The lowest BCUT2D eigenvalue weighted by Gasteiger charge is -2.19. The molecule has 0 bridgehead atoms. The molecule has 0 radical (unpaired) electrons. The van der Waals surface area contributed by atoms with Crippen LogP contribution in [0.2, 0.25) is 0 Å². The normalized spacial score (nSPS) is 29.8. The van der Waals surface area contributed by atoms with Gasteiger partial charge in [0.05, 0.1) is 12.6 Å². The van der Waals surface area contributed by atoms with Crippen LogP contribution in [0.15, 0.2) is 15.8 Å². The third-order valence-corrected chi connectivity index (χ3v) is 3.41. The second kappa shape index (κ2) is 5.88. The van der Waals surface area contributed by atoms with E-state index < -0.39 is 23.5 Å². The molecule has 4 unspecified atom stereocenters. The van der Waals surface area contributed by atoms with Crippen LogP contribution in [-0.4, -0.2) is 48.6 Å². The maximum atomic E-state index is 11.9. The van der Waals surface area contributed by atoms with E-state index in [0.717, 1.165) is 0 Å². The van der Waals surface area contributed by atoms with Gasteiger partial charge in [-0.2, -0.15) is 0 Å². The molecule has 2 rings (SSSR count). The molecule has 1 saturated heterocycles. The first kappa shape index (κ1) is 14.9. The molecule has 1 aliphatic heterocycles. The first-order valence-electron chi connectivity index (χ1n) is 6.24. The molecule has 3 N–H and O–H groups in total. The minimum absolute atomic E-state index is 0.305. The van der Waals surface area contributed by atoms with Crippen LogP contribution >= 0.6 is 0 Å². The zero-order valence-corrected chi connectivity index (χ0v) is 11.7. The summed E-state index contributed by atoms with van der Waals surface area (Å²) in [6, 6.07) is -0.539. The molecule has 1 fully saturated rings. The zero-order chi connectivity index (χ0) is 14.9. The number of ether oxygens (including phenoxy) is 3. The van der Waals surface area contributed by atoms with Crippen molar-refractivity contribution < 1.29 is 14.2 Å². The average Bonchev–Trinajstić information content (AvgIpc) is 2.71. The number of nitrogens with two attached hydrogens (primary N) is 1. The van der Waals surface area contributed by atoms with E-state index in [1.165, 1.54) is 17.9 Å². The van der Waals surface area contributed by atoms with E-state index in [9.17, 15) is 9.59 Å². The van der Waals surface area contributed by atoms with Crippen molar-refractivity contribution in [2.45, 2.75) is 31.4 Å². The number of hydrogen-bond acceptors (Lipinski definition) is 6. The standard InChI is InChI=1S/C12H19N3O5/c1-6-4-15(12(17)14-10(6)16)11-8(13)9(19-3)7(20-11)5-18-2/h4,7-9,11H,5,13H2,1-3H3,(H,14,16,17). The van der Waals surface area contributed by atoms with Crippen LogP contribution in [0.1, 0.15) is 11.8 Å². The van der Waals surface area contributed by atoms with Crippen LogP contribution in [0.5, 0.6) is 0 Å². The molecule has 0 aliphatic carbocycles. The van der Waals surface area contributed by atoms with E-state index >= 15 is 0 Å². The summed E-state index contributed by atoms with van der Waals surface area (Å²) in [5.74, 6) is 0. The van der Waals surface area contributed by atoms with E-state index in [2.05, 4.69) is 4.98 Å². The molecule has 1 aromatic rings. The highest BCUT2D eigenvalue weighted by molar-refractivity contribution is 5.03. The largest absolute Gasteiger partial charge is 0.382 e. The Morgan fingerprint density at radius 1 is 1.45 bits per heavy atom. The molecular formula is C12H19N3O5. The van der Waals surface area contributed by atoms with E-state index in [1.54, 1.807) is 14.0 Å². The predicted octanol–water partition coefficient (Wildman–Crippen LogP) is -1.27. The van der Waals surface area contributed by atoms with Gasteiger partial charge >= 0.3 is 5.69 Å². The van der Waals surface area contributed by atoms with Gasteiger partial charge in [0.2, 0.25) is 0 Å². The van der Waals surface area contributed by atoms with Gasteiger partial charge in [0, 0.05) is 26.0 Å². The van der Waals surface area contributed by atoms with Gasteiger partial charge in [-0.3, -0.25) is 14.3 Å². The Bertz CT molecular complexity index is 581. The molecule has 2 heterocycles. The Labute approximate surface area is 115 Å². The molecule has 0 amide bonds. The zero-order valence-electron chi connectivity index (χ0n) is 11.7. The second-order valence-electron chi connectivity index (χ2n) is 4.78. The van der Waals surface area contributed by atoms with Gasteiger partial charge in [0.15, 0.2) is 6.23 Å². The minimum Gasteiger partial charge on any atom is -0.382 e. The van der Waals surface area contributed by atoms with E-state index in [0.29, 0.717) is 12.2 Å². The Morgan fingerprint density at radius 3 is 2.75 bits per heavy atom. The third-order valence-electron chi connectivity index (χ3n) is 3.41. The summed E-state index contributed by atoms with van der Waals surface area (Å²) in [6.07, 6.45) is -0.0282. The Kier molecular flexibility index (Phi) is 4.39. The highest BCUT2D eigenvalue weighted by Crippen LogP contribution is 2.28. The number of aryl methyl sites for hydroxylation is 1.